The van der Waals surface area contributed by atoms with Gasteiger partial charge in [0.25, 0.3) is 0 Å². The third-order valence-corrected chi connectivity index (χ3v) is 3.85. The molecule has 0 atom stereocenters. The highest BCUT2D eigenvalue weighted by Gasteiger charge is 2.19. The number of esters is 1. The Morgan fingerprint density at radius 3 is 2.52 bits per heavy atom. The zero-order chi connectivity index (χ0) is 16.4. The normalized spacial score (nSPS) is 10.7. The molecule has 0 fully saturated rings. The minimum Gasteiger partial charge on any atom is -0.496 e. The summed E-state index contributed by atoms with van der Waals surface area (Å²) in [6.45, 7) is 3.31. The van der Waals surface area contributed by atoms with Crippen LogP contribution in [0.1, 0.15) is 23.7 Å². The minimum atomic E-state index is -0.331. The number of aromatic amines is 1. The summed E-state index contributed by atoms with van der Waals surface area (Å²) in [5, 5.41) is 0.904. The largest absolute Gasteiger partial charge is 0.496 e. The average Bonchev–Trinajstić information content (AvgIpc) is 2.84. The van der Waals surface area contributed by atoms with Crippen LogP contribution in [0.2, 0.25) is 0 Å². The van der Waals surface area contributed by atoms with Crippen LogP contribution in [0.4, 0.5) is 0 Å². The average molecular weight is 309 g/mol. The van der Waals surface area contributed by atoms with E-state index in [1.54, 1.807) is 7.11 Å². The first-order valence-electron chi connectivity index (χ1n) is 7.50. The van der Waals surface area contributed by atoms with Crippen molar-refractivity contribution in [2.45, 2.75) is 20.3 Å². The first-order valence-corrected chi connectivity index (χ1v) is 7.50. The van der Waals surface area contributed by atoms with Crippen LogP contribution >= 0.6 is 0 Å². The molecule has 1 N–H and O–H groups in total. The summed E-state index contributed by atoms with van der Waals surface area (Å²) in [6, 6.07) is 14.0. The van der Waals surface area contributed by atoms with Gasteiger partial charge in [-0.05, 0) is 24.6 Å². The summed E-state index contributed by atoms with van der Waals surface area (Å²) in [7, 11) is 1.65. The molecule has 0 spiro atoms. The summed E-state index contributed by atoms with van der Waals surface area (Å²) in [5.74, 6) is 1.04. The molecule has 4 nitrogen and oxygen atoms in total. The molecule has 0 aliphatic heterocycles. The lowest BCUT2D eigenvalue weighted by atomic mass is 10.00. The van der Waals surface area contributed by atoms with E-state index in [0.717, 1.165) is 27.9 Å². The molecule has 0 amide bonds. The number of hydrogen-bond acceptors (Lipinski definition) is 3. The van der Waals surface area contributed by atoms with Crippen molar-refractivity contribution < 1.29 is 14.3 Å². The van der Waals surface area contributed by atoms with Crippen LogP contribution < -0.4 is 9.47 Å². The lowest BCUT2D eigenvalue weighted by Gasteiger charge is -2.12. The van der Waals surface area contributed by atoms with Gasteiger partial charge in [-0.15, -0.1) is 0 Å². The number of ether oxygens (including phenoxy) is 2. The lowest BCUT2D eigenvalue weighted by molar-refractivity contribution is -0.131. The number of methoxy groups -OCH3 is 1. The summed E-state index contributed by atoms with van der Waals surface area (Å²) >= 11 is 0. The number of carbonyl (C=O) groups is 1. The monoisotopic (exact) mass is 309 g/mol. The molecular formula is C19H19NO3. The van der Waals surface area contributed by atoms with Gasteiger partial charge in [0, 0.05) is 24.3 Å². The molecule has 0 saturated heterocycles. The predicted molar refractivity (Wildman–Crippen MR) is 90.1 cm³/mol. The number of nitrogens with one attached hydrogen (secondary N) is 1. The Morgan fingerprint density at radius 2 is 1.87 bits per heavy atom. The van der Waals surface area contributed by atoms with E-state index in [-0.39, 0.29) is 5.97 Å². The van der Waals surface area contributed by atoms with Crippen molar-refractivity contribution >= 4 is 16.9 Å². The predicted octanol–water partition coefficient (Wildman–Crippen LogP) is 4.00. The van der Waals surface area contributed by atoms with E-state index in [1.807, 2.05) is 37.3 Å². The van der Waals surface area contributed by atoms with Gasteiger partial charge < -0.3 is 14.5 Å². The molecule has 1 heterocycles. The quantitative estimate of drug-likeness (QED) is 0.741. The fraction of sp³-hybridized carbons (Fsp3) is 0.211. The molecule has 3 rings (SSSR count). The van der Waals surface area contributed by atoms with Crippen molar-refractivity contribution in [1.29, 1.82) is 0 Å². The van der Waals surface area contributed by atoms with Gasteiger partial charge in [0.1, 0.15) is 5.75 Å². The number of aromatic nitrogens is 1. The second-order valence-electron chi connectivity index (χ2n) is 5.50. The maximum atomic E-state index is 11.5. The van der Waals surface area contributed by atoms with Gasteiger partial charge >= 0.3 is 5.97 Å². The highest BCUT2D eigenvalue weighted by Crippen LogP contribution is 2.38. The van der Waals surface area contributed by atoms with Gasteiger partial charge in [0.2, 0.25) is 0 Å². The van der Waals surface area contributed by atoms with E-state index in [1.165, 1.54) is 12.5 Å². The number of rotatable bonds is 4. The fourth-order valence-electron chi connectivity index (χ4n) is 2.88. The minimum absolute atomic E-state index is 0.331. The number of benzene rings is 2. The van der Waals surface area contributed by atoms with E-state index in [0.29, 0.717) is 12.2 Å². The van der Waals surface area contributed by atoms with Gasteiger partial charge in [-0.3, -0.25) is 4.79 Å². The number of aryl methyl sites for hydroxylation is 1. The van der Waals surface area contributed by atoms with Crippen LogP contribution in [0, 0.1) is 6.92 Å². The molecule has 2 aromatic carbocycles. The van der Waals surface area contributed by atoms with Crippen molar-refractivity contribution in [3.8, 4) is 11.5 Å². The molecule has 4 heteroatoms. The maximum absolute atomic E-state index is 11.5. The molecule has 1 aromatic heterocycles. The molecule has 0 saturated carbocycles. The lowest BCUT2D eigenvalue weighted by Crippen LogP contribution is -2.03. The topological polar surface area (TPSA) is 51.3 Å². The zero-order valence-electron chi connectivity index (χ0n) is 13.5. The maximum Gasteiger partial charge on any atom is 0.308 e. The number of carbonyl (C=O) groups excluding carboxylic acids is 1. The summed E-state index contributed by atoms with van der Waals surface area (Å²) in [5.41, 5.74) is 3.95. The van der Waals surface area contributed by atoms with E-state index in [4.69, 9.17) is 9.47 Å². The second-order valence-corrected chi connectivity index (χ2v) is 5.50. The first-order chi connectivity index (χ1) is 11.1. The number of H-pyrrole nitrogens is 1. The third-order valence-electron chi connectivity index (χ3n) is 3.85. The Morgan fingerprint density at radius 1 is 1.13 bits per heavy atom. The summed E-state index contributed by atoms with van der Waals surface area (Å²) < 4.78 is 11.0. The molecule has 118 valence electrons. The molecule has 0 aliphatic carbocycles. The standard InChI is InChI=1S/C19H19NO3/c1-12-19(23-13(2)21)18-15(11-14-7-5-4-6-8-14)17(22-3)10-9-16(18)20-12/h4-10,20H,11H2,1-3H3. The molecule has 3 aromatic rings. The Balaban J connectivity index is 2.21. The van der Waals surface area contributed by atoms with Crippen LogP contribution in [0.25, 0.3) is 10.9 Å². The Kier molecular flexibility index (Phi) is 4.06. The molecule has 0 bridgehead atoms. The smallest absolute Gasteiger partial charge is 0.308 e. The van der Waals surface area contributed by atoms with E-state index in [2.05, 4.69) is 17.1 Å². The Hall–Kier alpha value is -2.75. The van der Waals surface area contributed by atoms with E-state index < -0.39 is 0 Å². The second kappa shape index (κ2) is 6.16. The summed E-state index contributed by atoms with van der Waals surface area (Å²) in [4.78, 5) is 14.7. The molecular weight excluding hydrogens is 290 g/mol. The molecule has 0 aliphatic rings. The van der Waals surface area contributed by atoms with Crippen LogP contribution in [0.15, 0.2) is 42.5 Å². The van der Waals surface area contributed by atoms with Gasteiger partial charge in [-0.25, -0.2) is 0 Å². The SMILES string of the molecule is COc1ccc2[nH]c(C)c(OC(C)=O)c2c1Cc1ccccc1. The first kappa shape index (κ1) is 15.2. The molecule has 23 heavy (non-hydrogen) atoms. The van der Waals surface area contributed by atoms with Crippen LogP contribution in [-0.2, 0) is 11.2 Å². The highest BCUT2D eigenvalue weighted by atomic mass is 16.5. The third kappa shape index (κ3) is 2.93. The van der Waals surface area contributed by atoms with Gasteiger partial charge in [0.15, 0.2) is 5.75 Å². The van der Waals surface area contributed by atoms with Crippen LogP contribution in [-0.4, -0.2) is 18.1 Å². The van der Waals surface area contributed by atoms with Crippen molar-refractivity contribution in [3.63, 3.8) is 0 Å². The van der Waals surface area contributed by atoms with Gasteiger partial charge in [0.05, 0.1) is 18.3 Å². The van der Waals surface area contributed by atoms with E-state index in [9.17, 15) is 4.79 Å². The Bertz CT molecular complexity index is 850. The van der Waals surface area contributed by atoms with Gasteiger partial charge in [-0.1, -0.05) is 30.3 Å². The van der Waals surface area contributed by atoms with Gasteiger partial charge in [-0.2, -0.15) is 0 Å². The van der Waals surface area contributed by atoms with Crippen molar-refractivity contribution in [3.05, 3.63) is 59.3 Å². The van der Waals surface area contributed by atoms with Crippen molar-refractivity contribution in [1.82, 2.24) is 4.98 Å². The summed E-state index contributed by atoms with van der Waals surface area (Å²) in [6.07, 6.45) is 0.701. The van der Waals surface area contributed by atoms with Crippen LogP contribution in [0.5, 0.6) is 11.5 Å². The van der Waals surface area contributed by atoms with Crippen molar-refractivity contribution in [2.75, 3.05) is 7.11 Å². The molecule has 0 unspecified atom stereocenters. The highest BCUT2D eigenvalue weighted by molar-refractivity contribution is 5.94. The number of fused-ring (bicyclic) bond motifs is 1. The number of hydrogen-bond donors (Lipinski definition) is 1. The zero-order valence-corrected chi connectivity index (χ0v) is 13.5. The van der Waals surface area contributed by atoms with Crippen molar-refractivity contribution in [2.24, 2.45) is 0 Å². The van der Waals surface area contributed by atoms with E-state index >= 15 is 0 Å². The van der Waals surface area contributed by atoms with Crippen LogP contribution in [0.3, 0.4) is 0 Å². The fourth-order valence-corrected chi connectivity index (χ4v) is 2.88. The Labute approximate surface area is 135 Å². The molecule has 0 radical (unpaired) electrons.